The number of hydrogen-bond acceptors (Lipinski definition) is 2. The number of anilines is 2. The largest absolute Gasteiger partial charge is 0.492 e. The lowest BCUT2D eigenvalue weighted by Crippen LogP contribution is -2.21. The number of alkyl halides is 7. The third-order valence-corrected chi connectivity index (χ3v) is 3.78. The number of carbonyl (C=O) groups is 1. The zero-order valence-electron chi connectivity index (χ0n) is 14.8. The van der Waals surface area contributed by atoms with E-state index in [0.717, 1.165) is 5.56 Å². The van der Waals surface area contributed by atoms with Gasteiger partial charge in [-0.2, -0.15) is 26.3 Å². The molecule has 0 aliphatic carbocycles. The fourth-order valence-corrected chi connectivity index (χ4v) is 2.38. The summed E-state index contributed by atoms with van der Waals surface area (Å²) < 4.78 is 82.7. The first-order valence-electron chi connectivity index (χ1n) is 8.07. The highest BCUT2D eigenvalue weighted by molar-refractivity contribution is 6.18. The SMILES string of the molecule is Cc1ccc(NC(=O)Nc2cc(C(F)(F)F)cc(C(F)(F)F)c2)cc1OCCCl. The van der Waals surface area contributed by atoms with Gasteiger partial charge in [0.05, 0.1) is 17.0 Å². The summed E-state index contributed by atoms with van der Waals surface area (Å²) in [7, 11) is 0. The Hall–Kier alpha value is -2.62. The first-order chi connectivity index (χ1) is 13.4. The summed E-state index contributed by atoms with van der Waals surface area (Å²) in [6.45, 7) is 1.96. The summed E-state index contributed by atoms with van der Waals surface area (Å²) in [5.74, 6) is 0.649. The van der Waals surface area contributed by atoms with Crippen LogP contribution in [0.2, 0.25) is 0 Å². The lowest BCUT2D eigenvalue weighted by Gasteiger charge is -2.15. The third-order valence-electron chi connectivity index (χ3n) is 3.63. The van der Waals surface area contributed by atoms with Crippen molar-refractivity contribution < 1.29 is 35.9 Å². The van der Waals surface area contributed by atoms with Gasteiger partial charge in [-0.25, -0.2) is 4.79 Å². The van der Waals surface area contributed by atoms with Crippen LogP contribution >= 0.6 is 11.6 Å². The smallest absolute Gasteiger partial charge is 0.416 e. The van der Waals surface area contributed by atoms with Gasteiger partial charge in [-0.15, -0.1) is 11.6 Å². The molecule has 2 aromatic carbocycles. The van der Waals surface area contributed by atoms with Crippen molar-refractivity contribution in [3.05, 3.63) is 53.1 Å². The third kappa shape index (κ3) is 6.45. The lowest BCUT2D eigenvalue weighted by molar-refractivity contribution is -0.143. The van der Waals surface area contributed by atoms with Crippen molar-refractivity contribution in [2.75, 3.05) is 23.1 Å². The van der Waals surface area contributed by atoms with Gasteiger partial charge < -0.3 is 15.4 Å². The Morgan fingerprint density at radius 2 is 1.48 bits per heavy atom. The van der Waals surface area contributed by atoms with Gasteiger partial charge in [0.15, 0.2) is 0 Å². The molecule has 0 atom stereocenters. The first-order valence-corrected chi connectivity index (χ1v) is 8.60. The highest BCUT2D eigenvalue weighted by atomic mass is 35.5. The Morgan fingerprint density at radius 1 is 0.931 bits per heavy atom. The number of halogens is 7. The van der Waals surface area contributed by atoms with E-state index in [1.165, 1.54) is 12.1 Å². The van der Waals surface area contributed by atoms with E-state index in [0.29, 0.717) is 17.9 Å². The molecule has 0 heterocycles. The first kappa shape index (κ1) is 22.7. The Kier molecular flexibility index (Phi) is 6.89. The van der Waals surface area contributed by atoms with Crippen LogP contribution in [0, 0.1) is 6.92 Å². The number of hydrogen-bond donors (Lipinski definition) is 2. The van der Waals surface area contributed by atoms with Crippen molar-refractivity contribution in [3.8, 4) is 5.75 Å². The molecule has 2 N–H and O–H groups in total. The summed E-state index contributed by atoms with van der Waals surface area (Å²) in [5.41, 5.74) is -2.76. The van der Waals surface area contributed by atoms with Crippen molar-refractivity contribution in [1.29, 1.82) is 0 Å². The molecule has 0 saturated heterocycles. The van der Waals surface area contributed by atoms with Gasteiger partial charge in [0.25, 0.3) is 0 Å². The van der Waals surface area contributed by atoms with Crippen molar-refractivity contribution in [3.63, 3.8) is 0 Å². The predicted molar refractivity (Wildman–Crippen MR) is 96.5 cm³/mol. The van der Waals surface area contributed by atoms with Gasteiger partial charge >= 0.3 is 18.4 Å². The highest BCUT2D eigenvalue weighted by Crippen LogP contribution is 2.37. The Labute approximate surface area is 166 Å². The highest BCUT2D eigenvalue weighted by Gasteiger charge is 2.37. The maximum Gasteiger partial charge on any atom is 0.416 e. The van der Waals surface area contributed by atoms with Crippen molar-refractivity contribution in [2.45, 2.75) is 19.3 Å². The van der Waals surface area contributed by atoms with Crippen LogP contribution in [0.25, 0.3) is 0 Å². The quantitative estimate of drug-likeness (QED) is 0.424. The molecule has 158 valence electrons. The van der Waals surface area contributed by atoms with Crippen LogP contribution in [-0.2, 0) is 12.4 Å². The van der Waals surface area contributed by atoms with E-state index in [4.69, 9.17) is 16.3 Å². The Balaban J connectivity index is 2.22. The van der Waals surface area contributed by atoms with E-state index in [-0.39, 0.29) is 24.2 Å². The number of ether oxygens (including phenoxy) is 1. The van der Waals surface area contributed by atoms with Crippen LogP contribution in [0.3, 0.4) is 0 Å². The average Bonchev–Trinajstić information content (AvgIpc) is 2.60. The second-order valence-electron chi connectivity index (χ2n) is 5.89. The topological polar surface area (TPSA) is 50.4 Å². The molecule has 0 aliphatic rings. The van der Waals surface area contributed by atoms with Gasteiger partial charge in [-0.05, 0) is 36.8 Å². The number of nitrogens with one attached hydrogen (secondary N) is 2. The zero-order valence-corrected chi connectivity index (χ0v) is 15.6. The Morgan fingerprint density at radius 3 is 2.00 bits per heavy atom. The van der Waals surface area contributed by atoms with Gasteiger partial charge in [0.1, 0.15) is 12.4 Å². The molecule has 0 fully saturated rings. The summed E-state index contributed by atoms with van der Waals surface area (Å²) in [5, 5.41) is 4.31. The molecular weight excluding hydrogens is 426 g/mol. The van der Waals surface area contributed by atoms with Crippen molar-refractivity contribution in [1.82, 2.24) is 0 Å². The standard InChI is InChI=1S/C18H15ClF6N2O2/c1-10-2-3-13(9-15(10)29-5-4-19)26-16(28)27-14-7-11(17(20,21)22)6-12(8-14)18(23,24)25/h2-3,6-9H,4-5H2,1H3,(H2,26,27,28). The molecular formula is C18H15ClF6N2O2. The van der Waals surface area contributed by atoms with E-state index in [1.807, 2.05) is 5.32 Å². The lowest BCUT2D eigenvalue weighted by atomic mass is 10.1. The van der Waals surface area contributed by atoms with E-state index in [9.17, 15) is 31.1 Å². The minimum Gasteiger partial charge on any atom is -0.492 e. The van der Waals surface area contributed by atoms with Crippen LogP contribution in [-0.4, -0.2) is 18.5 Å². The second kappa shape index (κ2) is 8.81. The molecule has 0 bridgehead atoms. The van der Waals surface area contributed by atoms with Gasteiger partial charge in [-0.1, -0.05) is 6.07 Å². The molecule has 0 aliphatic heterocycles. The van der Waals surface area contributed by atoms with Crippen LogP contribution in [0.5, 0.6) is 5.75 Å². The van der Waals surface area contributed by atoms with Crippen LogP contribution < -0.4 is 15.4 Å². The fraction of sp³-hybridized carbons (Fsp3) is 0.278. The summed E-state index contributed by atoms with van der Waals surface area (Å²) in [6.07, 6.45) is -10.0. The van der Waals surface area contributed by atoms with Crippen LogP contribution in [0.1, 0.15) is 16.7 Å². The van der Waals surface area contributed by atoms with Crippen LogP contribution in [0.4, 0.5) is 42.5 Å². The maximum absolute atomic E-state index is 12.9. The van der Waals surface area contributed by atoms with Gasteiger partial charge in [-0.3, -0.25) is 0 Å². The number of carbonyl (C=O) groups excluding carboxylic acids is 1. The van der Waals surface area contributed by atoms with E-state index in [1.54, 1.807) is 13.0 Å². The fourth-order valence-electron chi connectivity index (χ4n) is 2.30. The summed E-state index contributed by atoms with van der Waals surface area (Å²) >= 11 is 5.54. The number of rotatable bonds is 5. The predicted octanol–water partition coefficient (Wildman–Crippen LogP) is 6.29. The molecule has 2 amide bonds. The zero-order chi connectivity index (χ0) is 21.8. The summed E-state index contributed by atoms with van der Waals surface area (Å²) in [4.78, 5) is 12.1. The Bertz CT molecular complexity index is 851. The molecule has 0 radical (unpaired) electrons. The molecule has 0 unspecified atom stereocenters. The van der Waals surface area contributed by atoms with Crippen molar-refractivity contribution >= 4 is 29.0 Å². The van der Waals surface area contributed by atoms with E-state index >= 15 is 0 Å². The number of aryl methyl sites for hydroxylation is 1. The van der Waals surface area contributed by atoms with E-state index < -0.39 is 35.2 Å². The number of urea groups is 1. The normalized spacial score (nSPS) is 11.9. The minimum absolute atomic E-state index is 0.0243. The molecule has 0 aromatic heterocycles. The van der Waals surface area contributed by atoms with Crippen molar-refractivity contribution in [2.24, 2.45) is 0 Å². The molecule has 29 heavy (non-hydrogen) atoms. The maximum atomic E-state index is 12.9. The molecule has 11 heteroatoms. The molecule has 2 aromatic rings. The molecule has 0 saturated carbocycles. The molecule has 4 nitrogen and oxygen atoms in total. The van der Waals surface area contributed by atoms with Gasteiger partial charge in [0.2, 0.25) is 0 Å². The number of benzene rings is 2. The monoisotopic (exact) mass is 440 g/mol. The molecule has 0 spiro atoms. The molecule has 2 rings (SSSR count). The second-order valence-corrected chi connectivity index (χ2v) is 6.27. The number of amides is 2. The average molecular weight is 441 g/mol. The van der Waals surface area contributed by atoms with E-state index in [2.05, 4.69) is 5.32 Å². The minimum atomic E-state index is -5.01. The van der Waals surface area contributed by atoms with Crippen LogP contribution in [0.15, 0.2) is 36.4 Å². The van der Waals surface area contributed by atoms with Gasteiger partial charge in [0, 0.05) is 17.4 Å². The summed E-state index contributed by atoms with van der Waals surface area (Å²) in [6, 6.07) is 4.35.